The van der Waals surface area contributed by atoms with Crippen LogP contribution in [0.25, 0.3) is 0 Å². The molecule has 0 fully saturated rings. The number of nitrogens with zero attached hydrogens (tertiary/aromatic N) is 1. The zero-order valence-corrected chi connectivity index (χ0v) is 20.4. The Kier molecular flexibility index (Phi) is 8.03. The highest BCUT2D eigenvalue weighted by Gasteiger charge is 2.43. The average Bonchev–Trinajstić information content (AvgIpc) is 2.79. The second kappa shape index (κ2) is 10.3. The Labute approximate surface area is 212 Å². The van der Waals surface area contributed by atoms with Crippen LogP contribution in [0, 0.1) is 0 Å². The molecule has 0 aliphatic carbocycles. The molecule has 2 aromatic rings. The highest BCUT2D eigenvalue weighted by Crippen LogP contribution is 2.48. The van der Waals surface area contributed by atoms with Gasteiger partial charge in [-0.15, -0.1) is 0 Å². The lowest BCUT2D eigenvalue weighted by molar-refractivity contribution is -0.143. The fourth-order valence-electron chi connectivity index (χ4n) is 4.57. The van der Waals surface area contributed by atoms with E-state index in [1.165, 1.54) is 0 Å². The van der Waals surface area contributed by atoms with E-state index in [9.17, 15) is 44.3 Å². The molecule has 0 bridgehead atoms. The first kappa shape index (κ1) is 29.6. The van der Waals surface area contributed by atoms with Crippen molar-refractivity contribution in [3.8, 4) is 0 Å². The lowest BCUT2D eigenvalue weighted by atomic mass is 9.77. The number of amides is 1. The van der Waals surface area contributed by atoms with Crippen molar-refractivity contribution in [3.05, 3.63) is 64.2 Å². The maximum absolute atomic E-state index is 13.6. The minimum Gasteiger partial charge on any atom is -0.446 e. The van der Waals surface area contributed by atoms with Gasteiger partial charge in [0.2, 0.25) is 0 Å². The maximum Gasteiger partial charge on any atom is 0.416 e. The third-order valence-corrected chi connectivity index (χ3v) is 6.34. The van der Waals surface area contributed by atoms with E-state index in [-0.39, 0.29) is 30.2 Å². The van der Waals surface area contributed by atoms with Crippen LogP contribution in [0.4, 0.5) is 50.0 Å². The zero-order chi connectivity index (χ0) is 28.8. The Morgan fingerprint density at radius 2 is 1.45 bits per heavy atom. The van der Waals surface area contributed by atoms with E-state index in [0.29, 0.717) is 12.1 Å². The second-order valence-electron chi connectivity index (χ2n) is 9.34. The van der Waals surface area contributed by atoms with Crippen molar-refractivity contribution in [2.75, 3.05) is 4.90 Å². The predicted molar refractivity (Wildman–Crippen MR) is 120 cm³/mol. The number of rotatable bonds is 4. The van der Waals surface area contributed by atoms with E-state index < -0.39 is 71.0 Å². The van der Waals surface area contributed by atoms with Crippen molar-refractivity contribution in [3.63, 3.8) is 0 Å². The Balaban J connectivity index is 2.22. The number of nitrogens with two attached hydrogens (primary N) is 1. The summed E-state index contributed by atoms with van der Waals surface area (Å²) in [6, 6.07) is 1.12. The van der Waals surface area contributed by atoms with Gasteiger partial charge in [-0.05, 0) is 74.2 Å². The Morgan fingerprint density at radius 3 is 1.89 bits per heavy atom. The number of ether oxygens (including phenoxy) is 1. The monoisotopic (exact) mass is 556 g/mol. The molecular weight excluding hydrogens is 531 g/mol. The molecule has 1 heterocycles. The SMILES string of the molecule is CCC1C[C@@H](C(N)c2cc(C(F)(F)F)cc(C(F)(F)F)c2)c2cc(C(F)(F)F)ccc2N1C(=O)OC(C)C. The third-order valence-electron chi connectivity index (χ3n) is 6.34. The molecule has 0 radical (unpaired) electrons. The normalized spacial score (nSPS) is 19.4. The van der Waals surface area contributed by atoms with E-state index in [0.717, 1.165) is 23.1 Å². The summed E-state index contributed by atoms with van der Waals surface area (Å²) in [6.45, 7) is 4.81. The average molecular weight is 556 g/mol. The van der Waals surface area contributed by atoms with Gasteiger partial charge in [-0.3, -0.25) is 4.90 Å². The number of anilines is 1. The molecule has 2 aromatic carbocycles. The fourth-order valence-corrected chi connectivity index (χ4v) is 4.57. The molecule has 0 saturated carbocycles. The van der Waals surface area contributed by atoms with Gasteiger partial charge >= 0.3 is 24.6 Å². The van der Waals surface area contributed by atoms with Crippen molar-refractivity contribution in [1.82, 2.24) is 0 Å². The Bertz CT molecular complexity index is 1140. The zero-order valence-electron chi connectivity index (χ0n) is 20.4. The molecule has 13 heteroatoms. The van der Waals surface area contributed by atoms with Gasteiger partial charge in [0.15, 0.2) is 0 Å². The molecule has 38 heavy (non-hydrogen) atoms. The molecule has 1 aliphatic rings. The molecular formula is C25H25F9N2O2. The lowest BCUT2D eigenvalue weighted by Gasteiger charge is -2.42. The highest BCUT2D eigenvalue weighted by atomic mass is 19.4. The van der Waals surface area contributed by atoms with Crippen molar-refractivity contribution in [2.24, 2.45) is 5.73 Å². The van der Waals surface area contributed by atoms with Crippen LogP contribution in [0.15, 0.2) is 36.4 Å². The molecule has 2 N–H and O–H groups in total. The second-order valence-corrected chi connectivity index (χ2v) is 9.34. The topological polar surface area (TPSA) is 55.6 Å². The van der Waals surface area contributed by atoms with E-state index in [4.69, 9.17) is 10.5 Å². The van der Waals surface area contributed by atoms with E-state index in [1.54, 1.807) is 20.8 Å². The molecule has 4 nitrogen and oxygen atoms in total. The van der Waals surface area contributed by atoms with Gasteiger partial charge in [0, 0.05) is 18.0 Å². The molecule has 210 valence electrons. The number of carbonyl (C=O) groups is 1. The summed E-state index contributed by atoms with van der Waals surface area (Å²) in [4.78, 5) is 14.0. The largest absolute Gasteiger partial charge is 0.446 e. The number of benzene rings is 2. The van der Waals surface area contributed by atoms with Crippen LogP contribution in [-0.2, 0) is 23.3 Å². The summed E-state index contributed by atoms with van der Waals surface area (Å²) < 4.78 is 127. The van der Waals surface area contributed by atoms with Crippen molar-refractivity contribution in [2.45, 2.75) is 76.2 Å². The summed E-state index contributed by atoms with van der Waals surface area (Å²) in [5.41, 5.74) is 1.25. The molecule has 1 aliphatic heterocycles. The molecule has 3 atom stereocenters. The van der Waals surface area contributed by atoms with Crippen LogP contribution in [0.5, 0.6) is 0 Å². The lowest BCUT2D eigenvalue weighted by Crippen LogP contribution is -2.47. The highest BCUT2D eigenvalue weighted by molar-refractivity contribution is 5.90. The van der Waals surface area contributed by atoms with Gasteiger partial charge in [-0.2, -0.15) is 39.5 Å². The van der Waals surface area contributed by atoms with Crippen LogP contribution in [0.1, 0.15) is 73.4 Å². The van der Waals surface area contributed by atoms with Gasteiger partial charge in [-0.1, -0.05) is 6.92 Å². The minimum absolute atomic E-state index is 0.00905. The quantitative estimate of drug-likeness (QED) is 0.388. The maximum atomic E-state index is 13.6. The Hall–Kier alpha value is -2.96. The number of hydrogen-bond acceptors (Lipinski definition) is 3. The smallest absolute Gasteiger partial charge is 0.416 e. The van der Waals surface area contributed by atoms with E-state index in [2.05, 4.69) is 0 Å². The number of hydrogen-bond donors (Lipinski definition) is 1. The first-order chi connectivity index (χ1) is 17.3. The molecule has 3 rings (SSSR count). The molecule has 1 amide bonds. The van der Waals surface area contributed by atoms with Gasteiger partial charge in [-0.25, -0.2) is 4.79 Å². The standard InChI is InChI=1S/C25H25F9N2O2/c1-4-17-11-19(21(35)13-7-15(24(29,30)31)9-16(8-13)25(32,33)34)18-10-14(23(26,27)28)5-6-20(18)36(17)22(37)38-12(2)3/h5-10,12,17,19,21H,4,11,35H2,1-3H3/t17?,19-,21?/m1/s1. The first-order valence-corrected chi connectivity index (χ1v) is 11.6. The van der Waals surface area contributed by atoms with Gasteiger partial charge in [0.05, 0.1) is 28.5 Å². The fraction of sp³-hybridized carbons (Fsp3) is 0.480. The molecule has 0 saturated heterocycles. The summed E-state index contributed by atoms with van der Waals surface area (Å²) in [6.07, 6.45) is -16.4. The van der Waals surface area contributed by atoms with Crippen LogP contribution < -0.4 is 10.6 Å². The summed E-state index contributed by atoms with van der Waals surface area (Å²) in [5, 5.41) is 0. The third kappa shape index (κ3) is 6.19. The minimum atomic E-state index is -5.13. The molecule has 0 spiro atoms. The first-order valence-electron chi connectivity index (χ1n) is 11.6. The number of fused-ring (bicyclic) bond motifs is 1. The van der Waals surface area contributed by atoms with Gasteiger partial charge < -0.3 is 10.5 Å². The predicted octanol–water partition coefficient (Wildman–Crippen LogP) is 8.06. The van der Waals surface area contributed by atoms with Crippen LogP contribution >= 0.6 is 0 Å². The van der Waals surface area contributed by atoms with Crippen molar-refractivity contribution < 1.29 is 49.0 Å². The van der Waals surface area contributed by atoms with Gasteiger partial charge in [0.25, 0.3) is 0 Å². The summed E-state index contributed by atoms with van der Waals surface area (Å²) in [5.74, 6) is -1.15. The van der Waals surface area contributed by atoms with Crippen LogP contribution in [0.3, 0.4) is 0 Å². The Morgan fingerprint density at radius 1 is 0.921 bits per heavy atom. The van der Waals surface area contributed by atoms with Crippen molar-refractivity contribution in [1.29, 1.82) is 0 Å². The summed E-state index contributed by atoms with van der Waals surface area (Å²) >= 11 is 0. The van der Waals surface area contributed by atoms with Gasteiger partial charge in [0.1, 0.15) is 0 Å². The number of carbonyl (C=O) groups excluding carboxylic acids is 1. The van der Waals surface area contributed by atoms with Crippen LogP contribution in [0.2, 0.25) is 0 Å². The van der Waals surface area contributed by atoms with E-state index in [1.807, 2.05) is 0 Å². The number of halogens is 9. The van der Waals surface area contributed by atoms with Crippen molar-refractivity contribution >= 4 is 11.8 Å². The summed E-state index contributed by atoms with van der Waals surface area (Å²) in [7, 11) is 0. The molecule has 2 unspecified atom stereocenters. The van der Waals surface area contributed by atoms with E-state index >= 15 is 0 Å². The number of alkyl halides is 9. The molecule has 0 aromatic heterocycles. The van der Waals surface area contributed by atoms with Crippen LogP contribution in [-0.4, -0.2) is 18.2 Å².